The maximum Gasteiger partial charge on any atom is 0.497 e. The summed E-state index contributed by atoms with van der Waals surface area (Å²) in [6.45, 7) is 8.34. The number of fused-ring (bicyclic) bond motifs is 2. The molecule has 2 heterocycles. The van der Waals surface area contributed by atoms with Gasteiger partial charge in [-0.05, 0) is 58.0 Å². The van der Waals surface area contributed by atoms with Crippen LogP contribution in [-0.2, 0) is 9.31 Å². The number of hydrogen-bond donors (Lipinski definition) is 1. The largest absolute Gasteiger partial charge is 0.497 e. The van der Waals surface area contributed by atoms with Crippen LogP contribution in [0.3, 0.4) is 0 Å². The fraction of sp³-hybridized carbons (Fsp3) is 0.250. The molecule has 0 spiro atoms. The number of benzene rings is 3. The molecule has 0 unspecified atom stereocenters. The van der Waals surface area contributed by atoms with Gasteiger partial charge in [0.1, 0.15) is 0 Å². The topological polar surface area (TPSA) is 33.7 Å². The lowest BCUT2D eigenvalue weighted by Gasteiger charge is -2.35. The van der Waals surface area contributed by atoms with Gasteiger partial charge in [-0.2, -0.15) is 0 Å². The Kier molecular flexibility index (Phi) is 4.02. The lowest BCUT2D eigenvalue weighted by molar-refractivity contribution is 0.00578. The maximum absolute atomic E-state index is 6.36. The average Bonchev–Trinajstić information content (AvgIpc) is 2.93. The van der Waals surface area contributed by atoms with Crippen LogP contribution in [0.25, 0.3) is 0 Å². The molecule has 5 rings (SSSR count). The van der Waals surface area contributed by atoms with Crippen molar-refractivity contribution >= 4 is 41.0 Å². The van der Waals surface area contributed by atoms with Crippen LogP contribution in [0.5, 0.6) is 0 Å². The van der Waals surface area contributed by atoms with Crippen LogP contribution >= 0.6 is 0 Å². The van der Waals surface area contributed by atoms with E-state index >= 15 is 0 Å². The Morgan fingerprint density at radius 2 is 1.34 bits per heavy atom. The summed E-state index contributed by atoms with van der Waals surface area (Å²) >= 11 is 0. The van der Waals surface area contributed by atoms with Crippen molar-refractivity contribution in [3.63, 3.8) is 0 Å². The smallest absolute Gasteiger partial charge is 0.399 e. The van der Waals surface area contributed by atoms with Crippen LogP contribution < -0.4 is 15.7 Å². The summed E-state index contributed by atoms with van der Waals surface area (Å²) in [5.41, 5.74) is 5.66. The summed E-state index contributed by atoms with van der Waals surface area (Å²) in [5.74, 6) is 0. The molecule has 0 saturated carbocycles. The van der Waals surface area contributed by atoms with Crippen LogP contribution in [0.4, 0.5) is 28.4 Å². The SMILES string of the molecule is CC1(C)OB(c2cccc3c2Nc2ccccc2N3c2ccccc2)OC1(C)C. The van der Waals surface area contributed by atoms with Crippen molar-refractivity contribution in [1.82, 2.24) is 0 Å². The van der Waals surface area contributed by atoms with Gasteiger partial charge in [-0.3, -0.25) is 0 Å². The normalized spacial score (nSPS) is 18.8. The van der Waals surface area contributed by atoms with E-state index in [1.54, 1.807) is 0 Å². The fourth-order valence-electron chi connectivity index (χ4n) is 3.94. The van der Waals surface area contributed by atoms with Crippen molar-refractivity contribution in [2.24, 2.45) is 0 Å². The number of para-hydroxylation sites is 4. The molecule has 2 aliphatic rings. The minimum absolute atomic E-state index is 0.383. The van der Waals surface area contributed by atoms with Crippen LogP contribution in [0.2, 0.25) is 0 Å². The van der Waals surface area contributed by atoms with Crippen molar-refractivity contribution in [3.05, 3.63) is 72.8 Å². The van der Waals surface area contributed by atoms with Crippen LogP contribution in [0, 0.1) is 0 Å². The first kappa shape index (κ1) is 18.3. The van der Waals surface area contributed by atoms with Gasteiger partial charge in [-0.25, -0.2) is 0 Å². The Labute approximate surface area is 172 Å². The molecule has 0 radical (unpaired) electrons. The molecule has 3 aromatic carbocycles. The summed E-state index contributed by atoms with van der Waals surface area (Å²) in [7, 11) is -0.426. The zero-order valence-corrected chi connectivity index (χ0v) is 17.3. The molecule has 0 amide bonds. The third-order valence-electron chi connectivity index (χ3n) is 6.24. The molecule has 2 aliphatic heterocycles. The molecule has 0 aromatic heterocycles. The van der Waals surface area contributed by atoms with Crippen molar-refractivity contribution in [2.75, 3.05) is 10.2 Å². The third kappa shape index (κ3) is 2.84. The van der Waals surface area contributed by atoms with Gasteiger partial charge in [0.25, 0.3) is 0 Å². The fourth-order valence-corrected chi connectivity index (χ4v) is 3.94. The number of hydrogen-bond acceptors (Lipinski definition) is 4. The molecule has 146 valence electrons. The first-order valence-corrected chi connectivity index (χ1v) is 10.1. The van der Waals surface area contributed by atoms with E-state index in [1.807, 2.05) is 6.07 Å². The van der Waals surface area contributed by atoms with Gasteiger partial charge in [-0.15, -0.1) is 0 Å². The predicted octanol–water partition coefficient (Wildman–Crippen LogP) is 5.51. The number of anilines is 5. The van der Waals surface area contributed by atoms with E-state index < -0.39 is 7.12 Å². The Balaban J connectivity index is 1.66. The van der Waals surface area contributed by atoms with Gasteiger partial charge in [0.05, 0.1) is 34.0 Å². The summed E-state index contributed by atoms with van der Waals surface area (Å²) in [6, 6.07) is 25.1. The summed E-state index contributed by atoms with van der Waals surface area (Å²) in [4.78, 5) is 2.29. The molecule has 29 heavy (non-hydrogen) atoms. The van der Waals surface area contributed by atoms with Crippen LogP contribution in [-0.4, -0.2) is 18.3 Å². The van der Waals surface area contributed by atoms with Gasteiger partial charge in [0.2, 0.25) is 0 Å². The van der Waals surface area contributed by atoms with Crippen molar-refractivity contribution in [3.8, 4) is 0 Å². The predicted molar refractivity (Wildman–Crippen MR) is 120 cm³/mol. The highest BCUT2D eigenvalue weighted by Crippen LogP contribution is 2.47. The van der Waals surface area contributed by atoms with Crippen molar-refractivity contribution in [2.45, 2.75) is 38.9 Å². The van der Waals surface area contributed by atoms with E-state index in [0.29, 0.717) is 0 Å². The lowest BCUT2D eigenvalue weighted by Crippen LogP contribution is -2.41. The standard InChI is InChI=1S/C24H25BN2O2/c1-23(2)24(3,4)29-25(28-23)18-13-10-16-21-22(18)26-19-14-8-9-15-20(19)27(21)17-11-6-5-7-12-17/h5-16,26H,1-4H3. The van der Waals surface area contributed by atoms with E-state index in [9.17, 15) is 0 Å². The monoisotopic (exact) mass is 384 g/mol. The highest BCUT2D eigenvalue weighted by atomic mass is 16.7. The van der Waals surface area contributed by atoms with Gasteiger partial charge >= 0.3 is 7.12 Å². The second-order valence-corrected chi connectivity index (χ2v) is 8.64. The number of nitrogens with one attached hydrogen (secondary N) is 1. The van der Waals surface area contributed by atoms with Gasteiger partial charge in [-0.1, -0.05) is 42.5 Å². The van der Waals surface area contributed by atoms with E-state index in [4.69, 9.17) is 9.31 Å². The number of rotatable bonds is 2. The maximum atomic E-state index is 6.36. The molecular formula is C24H25BN2O2. The second-order valence-electron chi connectivity index (χ2n) is 8.64. The molecule has 1 fully saturated rings. The molecule has 1 N–H and O–H groups in total. The summed E-state index contributed by atoms with van der Waals surface area (Å²) in [6.07, 6.45) is 0. The van der Waals surface area contributed by atoms with Crippen LogP contribution in [0.1, 0.15) is 27.7 Å². The van der Waals surface area contributed by atoms with Crippen molar-refractivity contribution in [1.29, 1.82) is 0 Å². The molecule has 0 atom stereocenters. The van der Waals surface area contributed by atoms with Crippen LogP contribution in [0.15, 0.2) is 72.8 Å². The minimum atomic E-state index is -0.426. The first-order chi connectivity index (χ1) is 13.9. The zero-order chi connectivity index (χ0) is 20.2. The van der Waals surface area contributed by atoms with Gasteiger partial charge < -0.3 is 19.5 Å². The Bertz CT molecular complexity index is 1050. The number of nitrogens with zero attached hydrogens (tertiary/aromatic N) is 1. The van der Waals surface area contributed by atoms with Crippen molar-refractivity contribution < 1.29 is 9.31 Å². The molecule has 0 aliphatic carbocycles. The Hall–Kier alpha value is -2.76. The van der Waals surface area contributed by atoms with E-state index in [-0.39, 0.29) is 11.2 Å². The third-order valence-corrected chi connectivity index (χ3v) is 6.24. The summed E-state index contributed by atoms with van der Waals surface area (Å²) < 4.78 is 12.7. The highest BCUT2D eigenvalue weighted by Gasteiger charge is 2.52. The van der Waals surface area contributed by atoms with E-state index in [2.05, 4.69) is 105 Å². The Morgan fingerprint density at radius 3 is 2.07 bits per heavy atom. The highest BCUT2D eigenvalue weighted by molar-refractivity contribution is 6.64. The molecule has 3 aromatic rings. The molecule has 0 bridgehead atoms. The second kappa shape index (κ2) is 6.38. The molecular weight excluding hydrogens is 359 g/mol. The minimum Gasteiger partial charge on any atom is -0.399 e. The quantitative estimate of drug-likeness (QED) is 0.462. The van der Waals surface area contributed by atoms with Gasteiger partial charge in [0, 0.05) is 11.2 Å². The lowest BCUT2D eigenvalue weighted by atomic mass is 9.77. The Morgan fingerprint density at radius 1 is 0.724 bits per heavy atom. The zero-order valence-electron chi connectivity index (χ0n) is 17.3. The molecule has 4 nitrogen and oxygen atoms in total. The van der Waals surface area contributed by atoms with E-state index in [0.717, 1.165) is 33.9 Å². The molecule has 1 saturated heterocycles. The first-order valence-electron chi connectivity index (χ1n) is 10.1. The average molecular weight is 384 g/mol. The molecule has 5 heteroatoms. The summed E-state index contributed by atoms with van der Waals surface area (Å²) in [5, 5.41) is 3.64. The van der Waals surface area contributed by atoms with E-state index in [1.165, 1.54) is 0 Å². The van der Waals surface area contributed by atoms with Gasteiger partial charge in [0.15, 0.2) is 0 Å².